The van der Waals surface area contributed by atoms with Gasteiger partial charge in [0.25, 0.3) is 0 Å². The highest BCUT2D eigenvalue weighted by molar-refractivity contribution is 5.83. The zero-order valence-electron chi connectivity index (χ0n) is 9.49. The highest BCUT2D eigenvalue weighted by Crippen LogP contribution is 2.37. The molecule has 0 aromatic heterocycles. The van der Waals surface area contributed by atoms with E-state index >= 15 is 0 Å². The Morgan fingerprint density at radius 3 is 3.13 bits per heavy atom. The van der Waals surface area contributed by atoms with Gasteiger partial charge in [0.05, 0.1) is 19.6 Å². The van der Waals surface area contributed by atoms with Crippen LogP contribution in [0.3, 0.4) is 0 Å². The second-order valence-electron chi connectivity index (χ2n) is 4.84. The summed E-state index contributed by atoms with van der Waals surface area (Å²) in [6.07, 6.45) is 3.03. The molecule has 0 radical (unpaired) electrons. The van der Waals surface area contributed by atoms with Crippen LogP contribution in [0.2, 0.25) is 0 Å². The average molecular weight is 213 g/mol. The predicted octanol–water partition coefficient (Wildman–Crippen LogP) is 1.01. The van der Waals surface area contributed by atoms with Crippen molar-refractivity contribution in [3.8, 4) is 0 Å². The summed E-state index contributed by atoms with van der Waals surface area (Å²) in [5.41, 5.74) is 0.126. The van der Waals surface area contributed by atoms with E-state index in [0.717, 1.165) is 19.5 Å². The van der Waals surface area contributed by atoms with Crippen LogP contribution in [0.5, 0.6) is 0 Å². The van der Waals surface area contributed by atoms with Crippen molar-refractivity contribution in [2.45, 2.75) is 31.7 Å². The number of carbonyl (C=O) groups is 1. The van der Waals surface area contributed by atoms with Crippen LogP contribution in [0.15, 0.2) is 0 Å². The van der Waals surface area contributed by atoms with Gasteiger partial charge < -0.3 is 0 Å². The lowest BCUT2D eigenvalue weighted by Gasteiger charge is -2.41. The second kappa shape index (κ2) is 4.20. The molecule has 2 aliphatic heterocycles. The zero-order valence-corrected chi connectivity index (χ0v) is 9.49. The minimum atomic E-state index is -0.00359. The molecule has 0 aromatic rings. The molecule has 0 bridgehead atoms. The van der Waals surface area contributed by atoms with Gasteiger partial charge in [-0.3, -0.25) is 9.69 Å². The smallest absolute Gasteiger partial charge is 0.141 e. The van der Waals surface area contributed by atoms with E-state index in [2.05, 4.69) is 16.7 Å². The van der Waals surface area contributed by atoms with Crippen molar-refractivity contribution in [2.24, 2.45) is 5.92 Å². The molecule has 2 aliphatic rings. The van der Waals surface area contributed by atoms with Crippen LogP contribution in [0.1, 0.15) is 26.2 Å². The first kappa shape index (κ1) is 11.0. The van der Waals surface area contributed by atoms with Gasteiger partial charge in [-0.15, -0.1) is 0 Å². The standard InChI is InChI=1S/C11H19NO3/c1-11-4-3-5-12(11)7-9(8-15-14-2)10(13)6-11/h9H,3-8H2,1-2H3. The Morgan fingerprint density at radius 2 is 2.40 bits per heavy atom. The van der Waals surface area contributed by atoms with Crippen LogP contribution in [-0.4, -0.2) is 43.0 Å². The van der Waals surface area contributed by atoms with Gasteiger partial charge in [0.1, 0.15) is 5.78 Å². The van der Waals surface area contributed by atoms with Gasteiger partial charge in [-0.25, -0.2) is 9.78 Å². The van der Waals surface area contributed by atoms with Crippen molar-refractivity contribution < 1.29 is 14.6 Å². The fourth-order valence-corrected chi connectivity index (χ4v) is 2.77. The van der Waals surface area contributed by atoms with E-state index in [1.807, 2.05) is 0 Å². The molecule has 2 rings (SSSR count). The molecule has 0 aliphatic carbocycles. The monoisotopic (exact) mass is 213 g/mol. The van der Waals surface area contributed by atoms with E-state index in [1.54, 1.807) is 0 Å². The van der Waals surface area contributed by atoms with E-state index in [1.165, 1.54) is 13.5 Å². The molecule has 0 amide bonds. The summed E-state index contributed by atoms with van der Waals surface area (Å²) in [4.78, 5) is 23.8. The van der Waals surface area contributed by atoms with Crippen molar-refractivity contribution in [1.82, 2.24) is 4.90 Å². The van der Waals surface area contributed by atoms with E-state index in [9.17, 15) is 4.79 Å². The Bertz CT molecular complexity index is 256. The molecule has 2 atom stereocenters. The number of nitrogens with zero attached hydrogens (tertiary/aromatic N) is 1. The number of carbonyl (C=O) groups excluding carboxylic acids is 1. The first-order valence-corrected chi connectivity index (χ1v) is 5.59. The average Bonchev–Trinajstić information content (AvgIpc) is 2.55. The van der Waals surface area contributed by atoms with Crippen LogP contribution in [0, 0.1) is 5.92 Å². The third-order valence-corrected chi connectivity index (χ3v) is 3.75. The van der Waals surface area contributed by atoms with Crippen LogP contribution >= 0.6 is 0 Å². The lowest BCUT2D eigenvalue weighted by molar-refractivity contribution is -0.279. The molecular weight excluding hydrogens is 194 g/mol. The fourth-order valence-electron chi connectivity index (χ4n) is 2.77. The second-order valence-corrected chi connectivity index (χ2v) is 4.84. The number of hydrogen-bond donors (Lipinski definition) is 0. The number of fused-ring (bicyclic) bond motifs is 1. The Balaban J connectivity index is 1.98. The Hall–Kier alpha value is -0.450. The van der Waals surface area contributed by atoms with Gasteiger partial charge >= 0.3 is 0 Å². The Morgan fingerprint density at radius 1 is 1.60 bits per heavy atom. The summed E-state index contributed by atoms with van der Waals surface area (Å²) in [5, 5.41) is 0. The van der Waals surface area contributed by atoms with Crippen molar-refractivity contribution in [2.75, 3.05) is 26.8 Å². The first-order valence-electron chi connectivity index (χ1n) is 5.59. The van der Waals surface area contributed by atoms with E-state index in [0.29, 0.717) is 18.8 Å². The Kier molecular flexibility index (Phi) is 3.09. The maximum atomic E-state index is 11.9. The number of hydrogen-bond acceptors (Lipinski definition) is 4. The van der Waals surface area contributed by atoms with Crippen molar-refractivity contribution >= 4 is 5.78 Å². The molecule has 0 saturated carbocycles. The van der Waals surface area contributed by atoms with Crippen LogP contribution in [0.4, 0.5) is 0 Å². The molecule has 2 fully saturated rings. The topological polar surface area (TPSA) is 38.8 Å². The number of Topliss-reactive ketones (excluding diaryl/α,β-unsaturated/α-hetero) is 1. The van der Waals surface area contributed by atoms with E-state index in [-0.39, 0.29) is 11.5 Å². The van der Waals surface area contributed by atoms with E-state index < -0.39 is 0 Å². The summed E-state index contributed by atoms with van der Waals surface area (Å²) < 4.78 is 0. The number of ketones is 1. The quantitative estimate of drug-likeness (QED) is 0.518. The molecule has 15 heavy (non-hydrogen) atoms. The lowest BCUT2D eigenvalue weighted by Crippen LogP contribution is -2.52. The minimum absolute atomic E-state index is 0.00359. The highest BCUT2D eigenvalue weighted by atomic mass is 17.2. The van der Waals surface area contributed by atoms with Crippen molar-refractivity contribution in [3.05, 3.63) is 0 Å². The maximum absolute atomic E-state index is 11.9. The van der Waals surface area contributed by atoms with Gasteiger partial charge in [0.2, 0.25) is 0 Å². The number of rotatable bonds is 3. The highest BCUT2D eigenvalue weighted by Gasteiger charge is 2.45. The summed E-state index contributed by atoms with van der Waals surface area (Å²) in [6.45, 7) is 4.54. The summed E-state index contributed by atoms with van der Waals surface area (Å²) in [7, 11) is 1.48. The van der Waals surface area contributed by atoms with Gasteiger partial charge in [-0.05, 0) is 26.3 Å². The molecule has 0 spiro atoms. The van der Waals surface area contributed by atoms with Crippen molar-refractivity contribution in [3.63, 3.8) is 0 Å². The van der Waals surface area contributed by atoms with Crippen LogP contribution in [0.25, 0.3) is 0 Å². The van der Waals surface area contributed by atoms with Gasteiger partial charge in [-0.2, -0.15) is 0 Å². The van der Waals surface area contributed by atoms with Crippen LogP contribution in [-0.2, 0) is 14.6 Å². The normalized spacial score (nSPS) is 36.9. The van der Waals surface area contributed by atoms with Gasteiger partial charge in [0.15, 0.2) is 0 Å². The first-order chi connectivity index (χ1) is 7.15. The van der Waals surface area contributed by atoms with Gasteiger partial charge in [-0.1, -0.05) is 0 Å². The molecule has 2 heterocycles. The molecule has 0 aromatic carbocycles. The van der Waals surface area contributed by atoms with E-state index in [4.69, 9.17) is 4.89 Å². The van der Waals surface area contributed by atoms with Crippen molar-refractivity contribution in [1.29, 1.82) is 0 Å². The summed E-state index contributed by atoms with van der Waals surface area (Å²) in [5.74, 6) is 0.323. The summed E-state index contributed by atoms with van der Waals surface area (Å²) >= 11 is 0. The third kappa shape index (κ3) is 2.07. The molecule has 2 saturated heterocycles. The SMILES string of the molecule is COOCC1CN2CCCC2(C)CC1=O. The fraction of sp³-hybridized carbons (Fsp3) is 0.909. The molecule has 2 unspecified atom stereocenters. The number of piperidine rings is 1. The van der Waals surface area contributed by atoms with Gasteiger partial charge in [0, 0.05) is 18.5 Å². The molecule has 86 valence electrons. The lowest BCUT2D eigenvalue weighted by atomic mass is 9.83. The largest absolute Gasteiger partial charge is 0.299 e. The predicted molar refractivity (Wildman–Crippen MR) is 55.3 cm³/mol. The maximum Gasteiger partial charge on any atom is 0.141 e. The third-order valence-electron chi connectivity index (χ3n) is 3.75. The zero-order chi connectivity index (χ0) is 10.9. The van der Waals surface area contributed by atoms with Crippen LogP contribution < -0.4 is 0 Å². The summed E-state index contributed by atoms with van der Waals surface area (Å²) in [6, 6.07) is 0. The molecule has 4 nitrogen and oxygen atoms in total. The Labute approximate surface area is 90.5 Å². The minimum Gasteiger partial charge on any atom is -0.299 e. The molecular formula is C11H19NO3. The molecule has 0 N–H and O–H groups in total. The molecule has 4 heteroatoms.